The minimum atomic E-state index is -0.145. The summed E-state index contributed by atoms with van der Waals surface area (Å²) in [4.78, 5) is 12.8. The van der Waals surface area contributed by atoms with Gasteiger partial charge in [0.2, 0.25) is 0 Å². The number of benzene rings is 2. The fourth-order valence-electron chi connectivity index (χ4n) is 2.92. The minimum Gasteiger partial charge on any atom is -0.497 e. The Balaban J connectivity index is 0.00000300. The molecule has 1 heterocycles. The van der Waals surface area contributed by atoms with E-state index in [0.29, 0.717) is 24.3 Å². The Morgan fingerprint density at radius 1 is 1.17 bits per heavy atom. The van der Waals surface area contributed by atoms with Gasteiger partial charge in [0.25, 0.3) is 5.91 Å². The topological polar surface area (TPSA) is 82.2 Å². The molecule has 0 aliphatic rings. The summed E-state index contributed by atoms with van der Waals surface area (Å²) in [5.41, 5.74) is 9.57. The number of aryl methyl sites for hydroxylation is 1. The lowest BCUT2D eigenvalue weighted by Crippen LogP contribution is -2.25. The molecule has 154 valence electrons. The summed E-state index contributed by atoms with van der Waals surface area (Å²) >= 11 is 0. The Labute approximate surface area is 177 Å². The number of methoxy groups -OCH3 is 1. The summed E-state index contributed by atoms with van der Waals surface area (Å²) in [7, 11) is 1.62. The highest BCUT2D eigenvalue weighted by molar-refractivity contribution is 6.00. The van der Waals surface area contributed by atoms with Gasteiger partial charge in [-0.25, -0.2) is 4.68 Å². The third-order valence-electron chi connectivity index (χ3n) is 4.52. The fourth-order valence-corrected chi connectivity index (χ4v) is 2.92. The quantitative estimate of drug-likeness (QED) is 0.550. The molecule has 0 saturated carbocycles. The van der Waals surface area contributed by atoms with Crippen molar-refractivity contribution in [3.05, 3.63) is 65.9 Å². The van der Waals surface area contributed by atoms with Crippen molar-refractivity contribution >= 4 is 18.3 Å². The number of hydrogen-bond donors (Lipinski definition) is 2. The highest BCUT2D eigenvalue weighted by Gasteiger charge is 2.19. The van der Waals surface area contributed by atoms with Gasteiger partial charge in [-0.2, -0.15) is 5.10 Å². The zero-order chi connectivity index (χ0) is 19.9. The predicted octanol–water partition coefficient (Wildman–Crippen LogP) is 3.75. The third-order valence-corrected chi connectivity index (χ3v) is 4.52. The highest BCUT2D eigenvalue weighted by atomic mass is 35.5. The maximum atomic E-state index is 12.8. The predicted molar refractivity (Wildman–Crippen MR) is 118 cm³/mol. The van der Waals surface area contributed by atoms with Gasteiger partial charge in [0.05, 0.1) is 18.4 Å². The Morgan fingerprint density at radius 3 is 2.62 bits per heavy atom. The summed E-state index contributed by atoms with van der Waals surface area (Å²) in [5, 5.41) is 7.67. The van der Waals surface area contributed by atoms with Crippen LogP contribution in [0.15, 0.2) is 54.7 Å². The van der Waals surface area contributed by atoms with E-state index in [0.717, 1.165) is 29.8 Å². The van der Waals surface area contributed by atoms with Crippen LogP contribution in [-0.2, 0) is 0 Å². The van der Waals surface area contributed by atoms with Gasteiger partial charge in [-0.05, 0) is 50.6 Å². The molecular formula is C22H27ClN4O2. The van der Waals surface area contributed by atoms with E-state index in [1.54, 1.807) is 18.0 Å². The van der Waals surface area contributed by atoms with Crippen LogP contribution in [0.2, 0.25) is 0 Å². The lowest BCUT2D eigenvalue weighted by molar-refractivity contribution is 0.0953. The Kier molecular flexibility index (Phi) is 8.24. The second-order valence-electron chi connectivity index (χ2n) is 6.66. The van der Waals surface area contributed by atoms with E-state index >= 15 is 0 Å². The first-order valence-corrected chi connectivity index (χ1v) is 9.42. The largest absolute Gasteiger partial charge is 0.497 e. The fraction of sp³-hybridized carbons (Fsp3) is 0.273. The number of aromatic nitrogens is 2. The third kappa shape index (κ3) is 5.59. The second kappa shape index (κ2) is 10.6. The van der Waals surface area contributed by atoms with Gasteiger partial charge >= 0.3 is 0 Å². The maximum Gasteiger partial charge on any atom is 0.255 e. The number of carbonyl (C=O) groups excluding carboxylic acids is 1. The van der Waals surface area contributed by atoms with Crippen molar-refractivity contribution in [3.8, 4) is 22.7 Å². The molecule has 0 saturated heterocycles. The van der Waals surface area contributed by atoms with Gasteiger partial charge in [-0.15, -0.1) is 12.4 Å². The number of unbranched alkanes of at least 4 members (excludes halogenated alkanes) is 1. The molecular weight excluding hydrogens is 388 g/mol. The highest BCUT2D eigenvalue weighted by Crippen LogP contribution is 2.27. The van der Waals surface area contributed by atoms with Crippen molar-refractivity contribution in [3.63, 3.8) is 0 Å². The first kappa shape index (κ1) is 22.5. The molecule has 0 bridgehead atoms. The van der Waals surface area contributed by atoms with Gasteiger partial charge < -0.3 is 15.8 Å². The number of amides is 1. The molecule has 0 spiro atoms. The molecule has 0 atom stereocenters. The van der Waals surface area contributed by atoms with Gasteiger partial charge in [-0.1, -0.05) is 29.8 Å². The summed E-state index contributed by atoms with van der Waals surface area (Å²) in [6, 6.07) is 15.6. The average Bonchev–Trinajstić information content (AvgIpc) is 3.17. The van der Waals surface area contributed by atoms with Crippen molar-refractivity contribution in [2.24, 2.45) is 5.73 Å². The van der Waals surface area contributed by atoms with Crippen molar-refractivity contribution in [1.82, 2.24) is 15.1 Å². The molecule has 3 aromatic rings. The Morgan fingerprint density at radius 2 is 1.93 bits per heavy atom. The number of carbonyl (C=O) groups is 1. The van der Waals surface area contributed by atoms with Crippen molar-refractivity contribution in [2.75, 3.05) is 20.2 Å². The minimum absolute atomic E-state index is 0. The molecule has 0 aliphatic heterocycles. The summed E-state index contributed by atoms with van der Waals surface area (Å²) < 4.78 is 7.07. The molecule has 2 aromatic carbocycles. The van der Waals surface area contributed by atoms with Gasteiger partial charge in [0.15, 0.2) is 0 Å². The number of ether oxygens (including phenoxy) is 1. The molecule has 1 amide bonds. The van der Waals surface area contributed by atoms with E-state index in [-0.39, 0.29) is 18.3 Å². The van der Waals surface area contributed by atoms with Crippen LogP contribution in [0.1, 0.15) is 28.8 Å². The molecule has 29 heavy (non-hydrogen) atoms. The lowest BCUT2D eigenvalue weighted by atomic mass is 10.1. The second-order valence-corrected chi connectivity index (χ2v) is 6.66. The molecule has 0 fully saturated rings. The van der Waals surface area contributed by atoms with Crippen molar-refractivity contribution in [2.45, 2.75) is 19.8 Å². The van der Waals surface area contributed by atoms with Gasteiger partial charge in [0, 0.05) is 18.3 Å². The van der Waals surface area contributed by atoms with Crippen LogP contribution in [0.3, 0.4) is 0 Å². The van der Waals surface area contributed by atoms with E-state index in [2.05, 4.69) is 5.32 Å². The Hall–Kier alpha value is -2.83. The van der Waals surface area contributed by atoms with E-state index in [9.17, 15) is 4.79 Å². The zero-order valence-electron chi connectivity index (χ0n) is 16.7. The van der Waals surface area contributed by atoms with E-state index in [1.165, 1.54) is 5.56 Å². The first-order valence-electron chi connectivity index (χ1n) is 9.42. The Bertz CT molecular complexity index is 938. The monoisotopic (exact) mass is 414 g/mol. The van der Waals surface area contributed by atoms with Crippen LogP contribution in [0.5, 0.6) is 5.75 Å². The van der Waals surface area contributed by atoms with Crippen LogP contribution < -0.4 is 15.8 Å². The summed E-state index contributed by atoms with van der Waals surface area (Å²) in [5.74, 6) is 0.574. The lowest BCUT2D eigenvalue weighted by Gasteiger charge is -2.06. The SMILES string of the molecule is COc1cccc(-c2nn(-c3ccc(C)cc3)cc2C(=O)NCCCCN)c1.Cl. The maximum absolute atomic E-state index is 12.8. The number of nitrogens with two attached hydrogens (primary N) is 1. The van der Waals surface area contributed by atoms with Crippen molar-refractivity contribution in [1.29, 1.82) is 0 Å². The van der Waals surface area contributed by atoms with Crippen LogP contribution >= 0.6 is 12.4 Å². The molecule has 0 radical (unpaired) electrons. The van der Waals surface area contributed by atoms with Gasteiger partial charge in [-0.3, -0.25) is 4.79 Å². The summed E-state index contributed by atoms with van der Waals surface area (Å²) in [6.45, 7) is 3.24. The molecule has 0 unspecified atom stereocenters. The molecule has 3 rings (SSSR count). The average molecular weight is 415 g/mol. The number of rotatable bonds is 8. The van der Waals surface area contributed by atoms with Crippen LogP contribution in [0, 0.1) is 6.92 Å². The van der Waals surface area contributed by atoms with E-state index < -0.39 is 0 Å². The van der Waals surface area contributed by atoms with Gasteiger partial charge in [0.1, 0.15) is 11.4 Å². The van der Waals surface area contributed by atoms with Crippen LogP contribution in [0.25, 0.3) is 16.9 Å². The number of halogens is 1. The number of hydrogen-bond acceptors (Lipinski definition) is 4. The standard InChI is InChI=1S/C22H26N4O2.ClH/c1-16-8-10-18(11-9-16)26-15-20(22(27)24-13-4-3-12-23)21(25-26)17-6-5-7-19(14-17)28-2;/h5-11,14-15H,3-4,12-13,23H2,1-2H3,(H,24,27);1H. The molecule has 3 N–H and O–H groups in total. The van der Waals surface area contributed by atoms with Crippen LogP contribution in [0.4, 0.5) is 0 Å². The molecule has 0 aliphatic carbocycles. The van der Waals surface area contributed by atoms with Crippen LogP contribution in [-0.4, -0.2) is 35.9 Å². The summed E-state index contributed by atoms with van der Waals surface area (Å²) in [6.07, 6.45) is 3.51. The number of nitrogens with zero attached hydrogens (tertiary/aromatic N) is 2. The smallest absolute Gasteiger partial charge is 0.255 e. The first-order chi connectivity index (χ1) is 13.6. The molecule has 6 nitrogen and oxygen atoms in total. The molecule has 7 heteroatoms. The zero-order valence-corrected chi connectivity index (χ0v) is 17.5. The van der Waals surface area contributed by atoms with E-state index in [4.69, 9.17) is 15.6 Å². The number of nitrogens with one attached hydrogen (secondary N) is 1. The molecule has 1 aromatic heterocycles. The van der Waals surface area contributed by atoms with Crippen molar-refractivity contribution < 1.29 is 9.53 Å². The normalized spacial score (nSPS) is 10.3. The van der Waals surface area contributed by atoms with E-state index in [1.807, 2.05) is 55.5 Å².